The Kier molecular flexibility index (Phi) is 10.7. The second-order valence-corrected chi connectivity index (χ2v) is 6.31. The average molecular weight is 459 g/mol. The van der Waals surface area contributed by atoms with Crippen LogP contribution >= 0.6 is 35.3 Å². The van der Waals surface area contributed by atoms with Crippen molar-refractivity contribution in [1.29, 1.82) is 0 Å². The molecule has 1 aromatic heterocycles. The van der Waals surface area contributed by atoms with Crippen LogP contribution in [0.1, 0.15) is 23.3 Å². The van der Waals surface area contributed by atoms with Crippen molar-refractivity contribution < 1.29 is 4.74 Å². The number of hydrogen-bond donors (Lipinski definition) is 2. The Balaban J connectivity index is 0.00000288. The van der Waals surface area contributed by atoms with Gasteiger partial charge in [-0.25, -0.2) is 0 Å². The molecule has 1 atom stereocenters. The Morgan fingerprint density at radius 1 is 1.17 bits per heavy atom. The molecule has 0 spiro atoms. The standard InChI is InChI=1S/C18H25N3OS.HI/c1-15(17-9-6-12-23-17)13-21-18(19-2)20-10-11-22-14-16-7-4-3-5-8-16;/h3-9,12,15H,10-11,13-14H2,1-2H3,(H2,19,20,21);1H. The van der Waals surface area contributed by atoms with E-state index in [9.17, 15) is 0 Å². The molecule has 0 aliphatic carbocycles. The van der Waals surface area contributed by atoms with Crippen molar-refractivity contribution in [1.82, 2.24) is 10.6 Å². The van der Waals surface area contributed by atoms with Crippen molar-refractivity contribution in [2.45, 2.75) is 19.4 Å². The molecule has 1 unspecified atom stereocenters. The maximum Gasteiger partial charge on any atom is 0.191 e. The molecule has 1 heterocycles. The molecular formula is C18H26IN3OS. The van der Waals surface area contributed by atoms with Gasteiger partial charge in [0.2, 0.25) is 0 Å². The average Bonchev–Trinajstić information content (AvgIpc) is 3.12. The van der Waals surface area contributed by atoms with Gasteiger partial charge >= 0.3 is 0 Å². The molecule has 0 saturated carbocycles. The van der Waals surface area contributed by atoms with Crippen LogP contribution in [0.2, 0.25) is 0 Å². The summed E-state index contributed by atoms with van der Waals surface area (Å²) in [7, 11) is 1.79. The molecule has 4 nitrogen and oxygen atoms in total. The number of aliphatic imine (C=N–C) groups is 1. The van der Waals surface area contributed by atoms with Crippen LogP contribution in [-0.2, 0) is 11.3 Å². The van der Waals surface area contributed by atoms with Gasteiger partial charge in [0.05, 0.1) is 13.2 Å². The van der Waals surface area contributed by atoms with Gasteiger partial charge in [0, 0.05) is 30.9 Å². The SMILES string of the molecule is CN=C(NCCOCc1ccccc1)NCC(C)c1cccs1.I. The van der Waals surface area contributed by atoms with Crippen LogP contribution in [0.25, 0.3) is 0 Å². The summed E-state index contributed by atoms with van der Waals surface area (Å²) < 4.78 is 5.66. The zero-order valence-electron chi connectivity index (χ0n) is 14.2. The Bertz CT molecular complexity index is 575. The van der Waals surface area contributed by atoms with Crippen molar-refractivity contribution >= 4 is 41.3 Å². The zero-order valence-corrected chi connectivity index (χ0v) is 17.3. The minimum absolute atomic E-state index is 0. The van der Waals surface area contributed by atoms with E-state index in [1.54, 1.807) is 18.4 Å². The van der Waals surface area contributed by atoms with Gasteiger partial charge in [0.1, 0.15) is 0 Å². The highest BCUT2D eigenvalue weighted by Gasteiger charge is 2.07. The van der Waals surface area contributed by atoms with Crippen LogP contribution in [0.5, 0.6) is 0 Å². The molecule has 0 amide bonds. The third-order valence-corrected chi connectivity index (χ3v) is 4.58. The first kappa shape index (κ1) is 20.9. The van der Waals surface area contributed by atoms with E-state index in [1.165, 1.54) is 10.4 Å². The normalized spacial score (nSPS) is 12.3. The monoisotopic (exact) mass is 459 g/mol. The predicted molar refractivity (Wildman–Crippen MR) is 114 cm³/mol. The number of guanidine groups is 1. The summed E-state index contributed by atoms with van der Waals surface area (Å²) >= 11 is 1.79. The van der Waals surface area contributed by atoms with Crippen LogP contribution in [0, 0.1) is 0 Å². The second-order valence-electron chi connectivity index (χ2n) is 5.33. The molecule has 0 bridgehead atoms. The summed E-state index contributed by atoms with van der Waals surface area (Å²) in [4.78, 5) is 5.63. The fraction of sp³-hybridized carbons (Fsp3) is 0.389. The summed E-state index contributed by atoms with van der Waals surface area (Å²) in [5.41, 5.74) is 1.19. The van der Waals surface area contributed by atoms with Crippen LogP contribution in [0.3, 0.4) is 0 Å². The van der Waals surface area contributed by atoms with Crippen LogP contribution < -0.4 is 10.6 Å². The van der Waals surface area contributed by atoms with E-state index in [4.69, 9.17) is 4.74 Å². The van der Waals surface area contributed by atoms with E-state index in [2.05, 4.69) is 52.2 Å². The lowest BCUT2D eigenvalue weighted by Gasteiger charge is -2.15. The zero-order chi connectivity index (χ0) is 16.3. The third-order valence-electron chi connectivity index (χ3n) is 3.48. The number of hydrogen-bond acceptors (Lipinski definition) is 3. The number of nitrogens with one attached hydrogen (secondary N) is 2. The molecule has 0 saturated heterocycles. The van der Waals surface area contributed by atoms with E-state index >= 15 is 0 Å². The van der Waals surface area contributed by atoms with Gasteiger partial charge in [-0.05, 0) is 17.0 Å². The van der Waals surface area contributed by atoms with Gasteiger partial charge in [-0.15, -0.1) is 35.3 Å². The van der Waals surface area contributed by atoms with E-state index in [1.807, 2.05) is 18.2 Å². The maximum atomic E-state index is 5.66. The van der Waals surface area contributed by atoms with Gasteiger partial charge in [0.25, 0.3) is 0 Å². The summed E-state index contributed by atoms with van der Waals surface area (Å²) in [6.07, 6.45) is 0. The van der Waals surface area contributed by atoms with E-state index in [0.29, 0.717) is 19.1 Å². The van der Waals surface area contributed by atoms with Gasteiger partial charge in [-0.1, -0.05) is 43.3 Å². The smallest absolute Gasteiger partial charge is 0.191 e. The van der Waals surface area contributed by atoms with Crippen LogP contribution in [0.4, 0.5) is 0 Å². The Morgan fingerprint density at radius 2 is 1.96 bits per heavy atom. The Hall–Kier alpha value is -1.12. The molecule has 132 valence electrons. The molecule has 1 aromatic carbocycles. The molecular weight excluding hydrogens is 433 g/mol. The van der Waals surface area contributed by atoms with Crippen LogP contribution in [-0.4, -0.2) is 32.7 Å². The Morgan fingerprint density at radius 3 is 2.62 bits per heavy atom. The largest absolute Gasteiger partial charge is 0.375 e. The topological polar surface area (TPSA) is 45.7 Å². The fourth-order valence-corrected chi connectivity index (χ4v) is 2.94. The number of nitrogens with zero attached hydrogens (tertiary/aromatic N) is 1. The van der Waals surface area contributed by atoms with Gasteiger partial charge in [0.15, 0.2) is 5.96 Å². The molecule has 6 heteroatoms. The second kappa shape index (κ2) is 12.3. The lowest BCUT2D eigenvalue weighted by atomic mass is 10.1. The minimum atomic E-state index is 0. The lowest BCUT2D eigenvalue weighted by Crippen LogP contribution is -2.40. The number of ether oxygens (including phenoxy) is 1. The van der Waals surface area contributed by atoms with Crippen molar-refractivity contribution in [2.24, 2.45) is 4.99 Å². The van der Waals surface area contributed by atoms with Crippen molar-refractivity contribution in [2.75, 3.05) is 26.7 Å². The summed E-state index contributed by atoms with van der Waals surface area (Å²) in [5, 5.41) is 8.74. The fourth-order valence-electron chi connectivity index (χ4n) is 2.15. The Labute approximate surface area is 165 Å². The number of halogens is 1. The molecule has 2 rings (SSSR count). The van der Waals surface area contributed by atoms with Gasteiger partial charge in [-0.2, -0.15) is 0 Å². The lowest BCUT2D eigenvalue weighted by molar-refractivity contribution is 0.125. The molecule has 0 fully saturated rings. The third kappa shape index (κ3) is 7.63. The molecule has 0 radical (unpaired) electrons. The van der Waals surface area contributed by atoms with Gasteiger partial charge < -0.3 is 15.4 Å². The minimum Gasteiger partial charge on any atom is -0.375 e. The van der Waals surface area contributed by atoms with Crippen molar-refractivity contribution in [3.05, 3.63) is 58.3 Å². The summed E-state index contributed by atoms with van der Waals surface area (Å²) in [6, 6.07) is 14.5. The highest BCUT2D eigenvalue weighted by atomic mass is 127. The quantitative estimate of drug-likeness (QED) is 0.273. The van der Waals surface area contributed by atoms with Crippen molar-refractivity contribution in [3.63, 3.8) is 0 Å². The predicted octanol–water partition coefficient (Wildman–Crippen LogP) is 3.85. The first-order chi connectivity index (χ1) is 11.3. The van der Waals surface area contributed by atoms with E-state index in [-0.39, 0.29) is 24.0 Å². The molecule has 0 aliphatic heterocycles. The number of benzene rings is 1. The highest BCUT2D eigenvalue weighted by Crippen LogP contribution is 2.19. The summed E-state index contributed by atoms with van der Waals surface area (Å²) in [5.74, 6) is 1.29. The van der Waals surface area contributed by atoms with Crippen LogP contribution in [0.15, 0.2) is 52.8 Å². The maximum absolute atomic E-state index is 5.66. The highest BCUT2D eigenvalue weighted by molar-refractivity contribution is 14.0. The first-order valence-corrected chi connectivity index (χ1v) is 8.77. The molecule has 0 aliphatic rings. The van der Waals surface area contributed by atoms with Crippen molar-refractivity contribution in [3.8, 4) is 0 Å². The first-order valence-electron chi connectivity index (χ1n) is 7.89. The molecule has 2 N–H and O–H groups in total. The van der Waals surface area contributed by atoms with E-state index in [0.717, 1.165) is 19.0 Å². The number of rotatable bonds is 8. The molecule has 2 aromatic rings. The molecule has 24 heavy (non-hydrogen) atoms. The summed E-state index contributed by atoms with van der Waals surface area (Å²) in [6.45, 7) is 5.11. The van der Waals surface area contributed by atoms with E-state index < -0.39 is 0 Å². The van der Waals surface area contributed by atoms with Gasteiger partial charge in [-0.3, -0.25) is 4.99 Å². The number of thiophene rings is 1.